The number of halogens is 1. The Morgan fingerprint density at radius 2 is 1.71 bits per heavy atom. The lowest BCUT2D eigenvalue weighted by atomic mass is 10.1. The molecule has 0 bridgehead atoms. The lowest BCUT2D eigenvalue weighted by molar-refractivity contribution is 0.186. The number of nitrogens with one attached hydrogen (secondary N) is 1. The maximum Gasteiger partial charge on any atom is 0.322 e. The van der Waals surface area contributed by atoms with Crippen LogP contribution in [-0.2, 0) is 0 Å². The van der Waals surface area contributed by atoms with Crippen LogP contribution in [0, 0.1) is 0 Å². The topological polar surface area (TPSA) is 32.3 Å². The van der Waals surface area contributed by atoms with E-state index in [0.717, 1.165) is 31.4 Å². The van der Waals surface area contributed by atoms with E-state index < -0.39 is 0 Å². The van der Waals surface area contributed by atoms with Gasteiger partial charge in [0, 0.05) is 22.8 Å². The first-order valence-electron chi connectivity index (χ1n) is 7.22. The first kappa shape index (κ1) is 15.6. The molecule has 0 aromatic heterocycles. The van der Waals surface area contributed by atoms with Crippen molar-refractivity contribution in [3.8, 4) is 0 Å². The molecule has 21 heavy (non-hydrogen) atoms. The Bertz CT molecular complexity index is 494. The maximum absolute atomic E-state index is 12.6. The zero-order chi connectivity index (χ0) is 15.2. The van der Waals surface area contributed by atoms with Crippen molar-refractivity contribution >= 4 is 23.3 Å². The molecule has 0 spiro atoms. The number of hydrogen-bond acceptors (Lipinski definition) is 1. The molecule has 1 saturated heterocycles. The number of likely N-dealkylation sites (tertiary alicyclic amines) is 1. The van der Waals surface area contributed by atoms with E-state index in [2.05, 4.69) is 18.5 Å². The molecule has 0 aliphatic carbocycles. The summed E-state index contributed by atoms with van der Waals surface area (Å²) in [6, 6.07) is 7.53. The van der Waals surface area contributed by atoms with Gasteiger partial charge in [-0.1, -0.05) is 23.8 Å². The van der Waals surface area contributed by atoms with Gasteiger partial charge in [0.2, 0.25) is 0 Å². The van der Waals surface area contributed by atoms with Crippen LogP contribution < -0.4 is 5.32 Å². The summed E-state index contributed by atoms with van der Waals surface area (Å²) in [5.74, 6) is 0. The van der Waals surface area contributed by atoms with Crippen LogP contribution in [-0.4, -0.2) is 23.0 Å². The average Bonchev–Trinajstić information content (AvgIpc) is 2.85. The summed E-state index contributed by atoms with van der Waals surface area (Å²) >= 11 is 5.86. The molecular weight excluding hydrogens is 284 g/mol. The van der Waals surface area contributed by atoms with Gasteiger partial charge in [0.1, 0.15) is 0 Å². The first-order chi connectivity index (χ1) is 10.2. The van der Waals surface area contributed by atoms with E-state index in [1.54, 1.807) is 24.3 Å². The highest BCUT2D eigenvalue weighted by Gasteiger charge is 2.35. The second-order valence-corrected chi connectivity index (χ2v) is 5.71. The molecule has 0 unspecified atom stereocenters. The summed E-state index contributed by atoms with van der Waals surface area (Å²) in [5.41, 5.74) is 0.756. The van der Waals surface area contributed by atoms with Crippen molar-refractivity contribution < 1.29 is 4.79 Å². The maximum atomic E-state index is 12.6. The van der Waals surface area contributed by atoms with Crippen LogP contribution in [0.4, 0.5) is 10.5 Å². The molecule has 1 N–H and O–H groups in total. The van der Waals surface area contributed by atoms with Crippen LogP contribution in [0.15, 0.2) is 49.6 Å². The van der Waals surface area contributed by atoms with Gasteiger partial charge in [-0.25, -0.2) is 4.79 Å². The van der Waals surface area contributed by atoms with E-state index in [4.69, 9.17) is 11.6 Å². The SMILES string of the molecule is C=CC[C@@H]1CC[C@H](CC=C)N1C(=O)Nc1ccc(Cl)cc1. The smallest absolute Gasteiger partial charge is 0.318 e. The van der Waals surface area contributed by atoms with Gasteiger partial charge < -0.3 is 10.2 Å². The number of anilines is 1. The van der Waals surface area contributed by atoms with Crippen LogP contribution in [0.2, 0.25) is 5.02 Å². The molecular formula is C17H21ClN2O. The summed E-state index contributed by atoms with van der Waals surface area (Å²) in [7, 11) is 0. The normalized spacial score (nSPS) is 21.1. The zero-order valence-electron chi connectivity index (χ0n) is 12.1. The summed E-state index contributed by atoms with van der Waals surface area (Å²) in [4.78, 5) is 14.5. The van der Waals surface area contributed by atoms with Crippen molar-refractivity contribution in [3.05, 3.63) is 54.6 Å². The van der Waals surface area contributed by atoms with Crippen molar-refractivity contribution in [3.63, 3.8) is 0 Å². The molecule has 2 rings (SSSR count). The third-order valence-electron chi connectivity index (χ3n) is 3.83. The second kappa shape index (κ2) is 7.32. The predicted molar refractivity (Wildman–Crippen MR) is 88.7 cm³/mol. The number of hydrogen-bond donors (Lipinski definition) is 1. The first-order valence-corrected chi connectivity index (χ1v) is 7.60. The lowest BCUT2D eigenvalue weighted by Gasteiger charge is -2.29. The Hall–Kier alpha value is -1.74. The minimum atomic E-state index is -0.0616. The molecule has 112 valence electrons. The standard InChI is InChI=1S/C17H21ClN2O/c1-3-5-15-11-12-16(6-4-2)20(15)17(21)19-14-9-7-13(18)8-10-14/h3-4,7-10,15-16H,1-2,5-6,11-12H2,(H,19,21)/t15-,16+. The van der Waals surface area contributed by atoms with Crippen LogP contribution in [0.1, 0.15) is 25.7 Å². The highest BCUT2D eigenvalue weighted by molar-refractivity contribution is 6.30. The highest BCUT2D eigenvalue weighted by atomic mass is 35.5. The van der Waals surface area contributed by atoms with E-state index in [9.17, 15) is 4.79 Å². The Labute approximate surface area is 131 Å². The predicted octanol–water partition coefficient (Wildman–Crippen LogP) is 4.86. The minimum Gasteiger partial charge on any atom is -0.318 e. The van der Waals surface area contributed by atoms with Gasteiger partial charge in [-0.3, -0.25) is 0 Å². The number of rotatable bonds is 5. The Balaban J connectivity index is 2.10. The molecule has 1 fully saturated rings. The van der Waals surface area contributed by atoms with Crippen LogP contribution in [0.3, 0.4) is 0 Å². The molecule has 4 heteroatoms. The zero-order valence-corrected chi connectivity index (χ0v) is 12.9. The Morgan fingerprint density at radius 3 is 2.19 bits per heavy atom. The molecule has 1 aromatic rings. The quantitative estimate of drug-likeness (QED) is 0.774. The average molecular weight is 305 g/mol. The van der Waals surface area contributed by atoms with Gasteiger partial charge >= 0.3 is 6.03 Å². The molecule has 0 radical (unpaired) electrons. The van der Waals surface area contributed by atoms with Crippen molar-refractivity contribution in [2.45, 2.75) is 37.8 Å². The number of benzene rings is 1. The fourth-order valence-corrected chi connectivity index (χ4v) is 2.99. The van der Waals surface area contributed by atoms with Crippen molar-refractivity contribution in [2.75, 3.05) is 5.32 Å². The van der Waals surface area contributed by atoms with E-state index in [0.29, 0.717) is 5.02 Å². The summed E-state index contributed by atoms with van der Waals surface area (Å²) in [6.07, 6.45) is 7.42. The van der Waals surface area contributed by atoms with E-state index in [-0.39, 0.29) is 18.1 Å². The minimum absolute atomic E-state index is 0.0616. The fourth-order valence-electron chi connectivity index (χ4n) is 2.86. The second-order valence-electron chi connectivity index (χ2n) is 5.28. The Morgan fingerprint density at radius 1 is 1.19 bits per heavy atom. The number of nitrogens with zero attached hydrogens (tertiary/aromatic N) is 1. The molecule has 0 saturated carbocycles. The van der Waals surface area contributed by atoms with E-state index in [1.807, 2.05) is 17.1 Å². The third-order valence-corrected chi connectivity index (χ3v) is 4.08. The van der Waals surface area contributed by atoms with Crippen molar-refractivity contribution in [1.82, 2.24) is 4.90 Å². The molecule has 1 heterocycles. The van der Waals surface area contributed by atoms with Gasteiger partial charge in [0.25, 0.3) is 0 Å². The molecule has 1 aliphatic heterocycles. The molecule has 2 atom stereocenters. The number of urea groups is 1. The molecule has 1 aliphatic rings. The van der Waals surface area contributed by atoms with Crippen LogP contribution >= 0.6 is 11.6 Å². The summed E-state index contributed by atoms with van der Waals surface area (Å²) in [6.45, 7) is 7.58. The summed E-state index contributed by atoms with van der Waals surface area (Å²) in [5, 5.41) is 3.60. The Kier molecular flexibility index (Phi) is 5.45. The number of amides is 2. The van der Waals surface area contributed by atoms with E-state index >= 15 is 0 Å². The number of carbonyl (C=O) groups excluding carboxylic acids is 1. The largest absolute Gasteiger partial charge is 0.322 e. The monoisotopic (exact) mass is 304 g/mol. The third kappa shape index (κ3) is 3.88. The molecule has 1 aromatic carbocycles. The van der Waals surface area contributed by atoms with Gasteiger partial charge in [-0.2, -0.15) is 0 Å². The summed E-state index contributed by atoms with van der Waals surface area (Å²) < 4.78 is 0. The van der Waals surface area contributed by atoms with Crippen LogP contribution in [0.25, 0.3) is 0 Å². The fraction of sp³-hybridized carbons (Fsp3) is 0.353. The van der Waals surface area contributed by atoms with Crippen molar-refractivity contribution in [2.24, 2.45) is 0 Å². The lowest BCUT2D eigenvalue weighted by Crippen LogP contribution is -2.43. The molecule has 2 amide bonds. The van der Waals surface area contributed by atoms with Crippen LogP contribution in [0.5, 0.6) is 0 Å². The van der Waals surface area contributed by atoms with Gasteiger partial charge in [-0.05, 0) is 49.9 Å². The van der Waals surface area contributed by atoms with E-state index in [1.165, 1.54) is 0 Å². The molecule has 3 nitrogen and oxygen atoms in total. The van der Waals surface area contributed by atoms with Crippen molar-refractivity contribution in [1.29, 1.82) is 0 Å². The highest BCUT2D eigenvalue weighted by Crippen LogP contribution is 2.29. The van der Waals surface area contributed by atoms with Gasteiger partial charge in [0.05, 0.1) is 0 Å². The van der Waals surface area contributed by atoms with Gasteiger partial charge in [-0.15, -0.1) is 13.2 Å². The van der Waals surface area contributed by atoms with Gasteiger partial charge in [0.15, 0.2) is 0 Å². The number of carbonyl (C=O) groups is 1.